The van der Waals surface area contributed by atoms with Gasteiger partial charge in [-0.3, -0.25) is 4.79 Å². The van der Waals surface area contributed by atoms with Gasteiger partial charge in [0, 0.05) is 15.6 Å². The zero-order chi connectivity index (χ0) is 15.2. The number of halogens is 1. The minimum absolute atomic E-state index is 0.0340. The van der Waals surface area contributed by atoms with Crippen molar-refractivity contribution in [1.82, 2.24) is 0 Å². The number of amides is 1. The van der Waals surface area contributed by atoms with Crippen LogP contribution in [0.15, 0.2) is 53.4 Å². The van der Waals surface area contributed by atoms with Crippen molar-refractivity contribution in [1.29, 1.82) is 0 Å². The fraction of sp³-hybridized carbons (Fsp3) is 0.235. The van der Waals surface area contributed by atoms with E-state index in [4.69, 9.17) is 11.6 Å². The highest BCUT2D eigenvalue weighted by Gasteiger charge is 2.18. The zero-order valence-electron chi connectivity index (χ0n) is 12.1. The van der Waals surface area contributed by atoms with Crippen LogP contribution in [0.1, 0.15) is 18.9 Å². The van der Waals surface area contributed by atoms with Gasteiger partial charge in [0.1, 0.15) is 0 Å². The van der Waals surface area contributed by atoms with Crippen molar-refractivity contribution in [2.24, 2.45) is 0 Å². The molecule has 0 fully saturated rings. The van der Waals surface area contributed by atoms with Crippen LogP contribution in [-0.2, 0) is 4.79 Å². The third kappa shape index (κ3) is 4.51. The Morgan fingerprint density at radius 2 is 1.86 bits per heavy atom. The number of hydrogen-bond acceptors (Lipinski definition) is 2. The lowest BCUT2D eigenvalue weighted by atomic mass is 10.2. The number of rotatable bonds is 5. The highest BCUT2D eigenvalue weighted by Crippen LogP contribution is 2.28. The smallest absolute Gasteiger partial charge is 0.237 e. The normalized spacial score (nSPS) is 12.0. The summed E-state index contributed by atoms with van der Waals surface area (Å²) in [6.07, 6.45) is 0.769. The molecule has 4 heteroatoms. The third-order valence-electron chi connectivity index (χ3n) is 3.16. The van der Waals surface area contributed by atoms with E-state index in [2.05, 4.69) is 5.32 Å². The Balaban J connectivity index is 2.05. The number of aryl methyl sites for hydroxylation is 1. The molecule has 0 aliphatic carbocycles. The number of thioether (sulfide) groups is 1. The van der Waals surface area contributed by atoms with Gasteiger partial charge in [0.15, 0.2) is 0 Å². The number of para-hydroxylation sites is 1. The maximum atomic E-state index is 12.4. The van der Waals surface area contributed by atoms with Crippen molar-refractivity contribution in [3.63, 3.8) is 0 Å². The summed E-state index contributed by atoms with van der Waals surface area (Å²) in [6, 6.07) is 15.4. The molecule has 2 nitrogen and oxygen atoms in total. The number of carbonyl (C=O) groups is 1. The van der Waals surface area contributed by atoms with E-state index in [1.807, 2.05) is 62.4 Å². The lowest BCUT2D eigenvalue weighted by Crippen LogP contribution is -2.24. The van der Waals surface area contributed by atoms with Crippen LogP contribution in [0.2, 0.25) is 5.02 Å². The molecule has 0 bridgehead atoms. The monoisotopic (exact) mass is 319 g/mol. The van der Waals surface area contributed by atoms with Crippen molar-refractivity contribution >= 4 is 35.0 Å². The fourth-order valence-electron chi connectivity index (χ4n) is 1.93. The van der Waals surface area contributed by atoms with Crippen LogP contribution in [0.3, 0.4) is 0 Å². The first-order valence-corrected chi connectivity index (χ1v) is 8.14. The molecule has 1 N–H and O–H groups in total. The Morgan fingerprint density at radius 3 is 2.48 bits per heavy atom. The van der Waals surface area contributed by atoms with Gasteiger partial charge in [0.05, 0.1) is 5.25 Å². The second-order valence-electron chi connectivity index (χ2n) is 4.77. The first-order valence-electron chi connectivity index (χ1n) is 6.89. The van der Waals surface area contributed by atoms with Crippen molar-refractivity contribution < 1.29 is 4.79 Å². The molecule has 2 aromatic carbocycles. The first-order chi connectivity index (χ1) is 10.1. The molecular formula is C17H18ClNOS. The number of anilines is 1. The summed E-state index contributed by atoms with van der Waals surface area (Å²) < 4.78 is 0. The maximum absolute atomic E-state index is 12.4. The number of carbonyl (C=O) groups excluding carboxylic acids is 1. The number of hydrogen-bond donors (Lipinski definition) is 1. The van der Waals surface area contributed by atoms with Gasteiger partial charge in [-0.25, -0.2) is 0 Å². The Kier molecular flexibility index (Phi) is 5.71. The molecule has 0 heterocycles. The lowest BCUT2D eigenvalue weighted by Gasteiger charge is -2.16. The molecule has 0 aromatic heterocycles. The van der Waals surface area contributed by atoms with E-state index < -0.39 is 0 Å². The molecule has 1 amide bonds. The summed E-state index contributed by atoms with van der Waals surface area (Å²) in [5.74, 6) is 0.0340. The standard InChI is InChI=1S/C17H18ClNOS/c1-3-16(21-14-10-8-13(18)9-11-14)17(20)19-15-7-5-4-6-12(15)2/h4-11,16H,3H2,1-2H3,(H,19,20)/t16-/m0/s1. The van der Waals surface area contributed by atoms with E-state index in [1.54, 1.807) is 11.8 Å². The average Bonchev–Trinajstić information content (AvgIpc) is 2.49. The Labute approximate surface area is 134 Å². The molecule has 0 saturated carbocycles. The van der Waals surface area contributed by atoms with E-state index in [-0.39, 0.29) is 11.2 Å². The topological polar surface area (TPSA) is 29.1 Å². The lowest BCUT2D eigenvalue weighted by molar-refractivity contribution is -0.115. The van der Waals surface area contributed by atoms with E-state index in [0.717, 1.165) is 22.6 Å². The molecule has 0 aliphatic rings. The van der Waals surface area contributed by atoms with E-state index in [9.17, 15) is 4.79 Å². The molecule has 110 valence electrons. The molecule has 0 spiro atoms. The zero-order valence-corrected chi connectivity index (χ0v) is 13.7. The van der Waals surface area contributed by atoms with Crippen molar-refractivity contribution in [2.75, 3.05) is 5.32 Å². The molecule has 2 aromatic rings. The van der Waals surface area contributed by atoms with Crippen LogP contribution in [0.4, 0.5) is 5.69 Å². The molecular weight excluding hydrogens is 302 g/mol. The largest absolute Gasteiger partial charge is 0.325 e. The van der Waals surface area contributed by atoms with Gasteiger partial charge < -0.3 is 5.32 Å². The van der Waals surface area contributed by atoms with Gasteiger partial charge in [-0.15, -0.1) is 11.8 Å². The van der Waals surface area contributed by atoms with E-state index in [1.165, 1.54) is 0 Å². The van der Waals surface area contributed by atoms with Crippen LogP contribution in [0.5, 0.6) is 0 Å². The highest BCUT2D eigenvalue weighted by molar-refractivity contribution is 8.00. The molecule has 0 saturated heterocycles. The summed E-state index contributed by atoms with van der Waals surface area (Å²) in [4.78, 5) is 13.5. The van der Waals surface area contributed by atoms with E-state index >= 15 is 0 Å². The van der Waals surface area contributed by atoms with Gasteiger partial charge in [-0.1, -0.05) is 36.7 Å². The van der Waals surface area contributed by atoms with Gasteiger partial charge in [0.2, 0.25) is 5.91 Å². The minimum atomic E-state index is -0.120. The first kappa shape index (κ1) is 15.9. The van der Waals surface area contributed by atoms with Crippen LogP contribution in [-0.4, -0.2) is 11.2 Å². The van der Waals surface area contributed by atoms with Gasteiger partial charge in [-0.2, -0.15) is 0 Å². The number of benzene rings is 2. The van der Waals surface area contributed by atoms with Gasteiger partial charge in [-0.05, 0) is 49.2 Å². The van der Waals surface area contributed by atoms with Crippen LogP contribution in [0, 0.1) is 6.92 Å². The predicted octanol–water partition coefficient (Wildman–Crippen LogP) is 5.16. The summed E-state index contributed by atoms with van der Waals surface area (Å²) >= 11 is 7.44. The molecule has 0 aliphatic heterocycles. The van der Waals surface area contributed by atoms with Crippen molar-refractivity contribution in [2.45, 2.75) is 30.4 Å². The molecule has 0 radical (unpaired) electrons. The summed E-state index contributed by atoms with van der Waals surface area (Å²) in [6.45, 7) is 4.01. The summed E-state index contributed by atoms with van der Waals surface area (Å²) in [5.41, 5.74) is 1.94. The number of nitrogens with one attached hydrogen (secondary N) is 1. The van der Waals surface area contributed by atoms with Gasteiger partial charge in [0.25, 0.3) is 0 Å². The second kappa shape index (κ2) is 7.53. The minimum Gasteiger partial charge on any atom is -0.325 e. The Bertz CT molecular complexity index is 612. The highest BCUT2D eigenvalue weighted by atomic mass is 35.5. The van der Waals surface area contributed by atoms with Crippen molar-refractivity contribution in [3.8, 4) is 0 Å². The Hall–Kier alpha value is -1.45. The average molecular weight is 320 g/mol. The van der Waals surface area contributed by atoms with Gasteiger partial charge >= 0.3 is 0 Å². The fourth-order valence-corrected chi connectivity index (χ4v) is 3.01. The summed E-state index contributed by atoms with van der Waals surface area (Å²) in [7, 11) is 0. The molecule has 2 rings (SSSR count). The van der Waals surface area contributed by atoms with Crippen LogP contribution < -0.4 is 5.32 Å². The van der Waals surface area contributed by atoms with Crippen LogP contribution >= 0.6 is 23.4 Å². The second-order valence-corrected chi connectivity index (χ2v) is 6.49. The molecule has 0 unspecified atom stereocenters. The van der Waals surface area contributed by atoms with Crippen molar-refractivity contribution in [3.05, 3.63) is 59.1 Å². The maximum Gasteiger partial charge on any atom is 0.237 e. The Morgan fingerprint density at radius 1 is 1.19 bits per heavy atom. The SMILES string of the molecule is CC[C@H](Sc1ccc(Cl)cc1)C(=O)Nc1ccccc1C. The van der Waals surface area contributed by atoms with E-state index in [0.29, 0.717) is 5.02 Å². The molecule has 21 heavy (non-hydrogen) atoms. The summed E-state index contributed by atoms with van der Waals surface area (Å²) in [5, 5.41) is 3.59. The predicted molar refractivity (Wildman–Crippen MR) is 91.2 cm³/mol. The third-order valence-corrected chi connectivity index (χ3v) is 4.79. The quantitative estimate of drug-likeness (QED) is 0.771. The van der Waals surface area contributed by atoms with Crippen LogP contribution in [0.25, 0.3) is 0 Å². The molecule has 1 atom stereocenters.